The Kier molecular flexibility index (Phi) is 5.93. The van der Waals surface area contributed by atoms with Crippen molar-refractivity contribution < 1.29 is 33.8 Å². The van der Waals surface area contributed by atoms with Crippen LogP contribution in [-0.4, -0.2) is 48.1 Å². The predicted octanol–water partition coefficient (Wildman–Crippen LogP) is 0.328. The number of carbonyl (C=O) groups is 4. The summed E-state index contributed by atoms with van der Waals surface area (Å²) in [6.45, 7) is 1.50. The Labute approximate surface area is 143 Å². The van der Waals surface area contributed by atoms with Gasteiger partial charge in [0.1, 0.15) is 6.10 Å². The Bertz CT molecular complexity index is 689. The number of ether oxygens (including phenoxy) is 2. The quantitative estimate of drug-likeness (QED) is 0.405. The first kappa shape index (κ1) is 18.2. The average Bonchev–Trinajstić information content (AvgIpc) is 2.62. The largest absolute Gasteiger partial charge is 0.505 e. The molecule has 2 amide bonds. The highest BCUT2D eigenvalue weighted by molar-refractivity contribution is 6.01. The lowest BCUT2D eigenvalue weighted by Gasteiger charge is -2.22. The summed E-state index contributed by atoms with van der Waals surface area (Å²) < 4.78 is 10.1. The summed E-state index contributed by atoms with van der Waals surface area (Å²) in [6.07, 6.45) is -0.148. The Balaban J connectivity index is 2.21. The summed E-state index contributed by atoms with van der Waals surface area (Å²) >= 11 is 0. The van der Waals surface area contributed by atoms with Gasteiger partial charge in [-0.25, -0.2) is 4.79 Å². The van der Waals surface area contributed by atoms with Gasteiger partial charge in [0.15, 0.2) is 11.8 Å². The molecule has 2 rings (SSSR count). The van der Waals surface area contributed by atoms with Gasteiger partial charge < -0.3 is 25.2 Å². The summed E-state index contributed by atoms with van der Waals surface area (Å²) in [5.41, 5.74) is -0.114. The van der Waals surface area contributed by atoms with Gasteiger partial charge in [-0.3, -0.25) is 14.4 Å². The van der Waals surface area contributed by atoms with E-state index >= 15 is 0 Å². The lowest BCUT2D eigenvalue weighted by molar-refractivity contribution is -0.154. The molecular formula is C16H18N2O7. The number of rotatable bonds is 4. The third kappa shape index (κ3) is 4.46. The molecule has 0 bridgehead atoms. The minimum absolute atomic E-state index is 0.0387. The summed E-state index contributed by atoms with van der Waals surface area (Å²) in [5.74, 6) is -2.47. The highest BCUT2D eigenvalue weighted by Crippen LogP contribution is 2.27. The summed E-state index contributed by atoms with van der Waals surface area (Å²) in [4.78, 5) is 46.6. The van der Waals surface area contributed by atoms with Gasteiger partial charge in [-0.2, -0.15) is 0 Å². The Hall–Kier alpha value is -3.10. The highest BCUT2D eigenvalue weighted by Gasteiger charge is 2.33. The second-order valence-electron chi connectivity index (χ2n) is 5.38. The first-order valence-corrected chi connectivity index (χ1v) is 7.63. The maximum atomic E-state index is 12.4. The van der Waals surface area contributed by atoms with Crippen LogP contribution in [0.15, 0.2) is 18.2 Å². The number of amides is 2. The van der Waals surface area contributed by atoms with Crippen LogP contribution < -0.4 is 10.6 Å². The number of cyclic esters (lactones) is 2. The molecule has 1 aromatic carbocycles. The van der Waals surface area contributed by atoms with E-state index in [1.807, 2.05) is 0 Å². The molecule has 1 heterocycles. The number of nitrogens with one attached hydrogen (secondary N) is 2. The molecule has 9 heteroatoms. The van der Waals surface area contributed by atoms with E-state index < -0.39 is 35.7 Å². The van der Waals surface area contributed by atoms with E-state index in [-0.39, 0.29) is 24.3 Å². The van der Waals surface area contributed by atoms with Crippen molar-refractivity contribution in [1.29, 1.82) is 0 Å². The molecule has 134 valence electrons. The Morgan fingerprint density at radius 3 is 2.84 bits per heavy atom. The number of anilines is 1. The molecule has 3 N–H and O–H groups in total. The molecule has 1 saturated heterocycles. The molecule has 9 nitrogen and oxygen atoms in total. The standard InChI is InChI=1S/C16H18N2O7/c1-9-13(16(23)24-7-3-6-12(20)25-9)18-15(22)10-4-2-5-11(14(10)21)17-8-19/h2,4-5,8-9,13,21H,3,6-7H2,1H3,(H,17,19)(H,18,22). The summed E-state index contributed by atoms with van der Waals surface area (Å²) in [7, 11) is 0. The van der Waals surface area contributed by atoms with Crippen molar-refractivity contribution in [3.05, 3.63) is 23.8 Å². The molecule has 2 unspecified atom stereocenters. The first-order chi connectivity index (χ1) is 11.9. The van der Waals surface area contributed by atoms with Crippen LogP contribution in [0.25, 0.3) is 0 Å². The maximum absolute atomic E-state index is 12.4. The zero-order valence-electron chi connectivity index (χ0n) is 13.5. The van der Waals surface area contributed by atoms with Crippen molar-refractivity contribution in [2.24, 2.45) is 0 Å². The monoisotopic (exact) mass is 350 g/mol. The van der Waals surface area contributed by atoms with Gasteiger partial charge in [0.25, 0.3) is 5.91 Å². The zero-order valence-corrected chi connectivity index (χ0v) is 13.5. The van der Waals surface area contributed by atoms with Gasteiger partial charge >= 0.3 is 11.9 Å². The minimum atomic E-state index is -1.23. The number of aromatic hydroxyl groups is 1. The number of para-hydroxylation sites is 1. The molecule has 25 heavy (non-hydrogen) atoms. The predicted molar refractivity (Wildman–Crippen MR) is 84.8 cm³/mol. The second kappa shape index (κ2) is 8.13. The first-order valence-electron chi connectivity index (χ1n) is 7.63. The molecule has 1 aromatic rings. The number of phenols is 1. The molecule has 2 atom stereocenters. The lowest BCUT2D eigenvalue weighted by atomic mass is 10.1. The van der Waals surface area contributed by atoms with E-state index in [2.05, 4.69) is 10.6 Å². The normalized spacial score (nSPS) is 21.0. The molecule has 0 aliphatic carbocycles. The molecule has 1 fully saturated rings. The molecule has 1 aliphatic rings. The number of hydrogen-bond donors (Lipinski definition) is 3. The zero-order chi connectivity index (χ0) is 18.4. The van der Waals surface area contributed by atoms with Crippen LogP contribution in [0.4, 0.5) is 5.69 Å². The van der Waals surface area contributed by atoms with Gasteiger partial charge in [0.2, 0.25) is 6.41 Å². The molecular weight excluding hydrogens is 332 g/mol. The van der Waals surface area contributed by atoms with Crippen molar-refractivity contribution in [3.8, 4) is 5.75 Å². The van der Waals surface area contributed by atoms with Gasteiger partial charge in [-0.1, -0.05) is 6.07 Å². The van der Waals surface area contributed by atoms with Gasteiger partial charge in [0, 0.05) is 6.42 Å². The fourth-order valence-electron chi connectivity index (χ4n) is 2.31. The van der Waals surface area contributed by atoms with Crippen molar-refractivity contribution in [2.45, 2.75) is 31.9 Å². The third-order valence-corrected chi connectivity index (χ3v) is 3.59. The van der Waals surface area contributed by atoms with Crippen molar-refractivity contribution in [1.82, 2.24) is 5.32 Å². The number of hydrogen-bond acceptors (Lipinski definition) is 7. The Morgan fingerprint density at radius 1 is 1.36 bits per heavy atom. The maximum Gasteiger partial charge on any atom is 0.332 e. The summed E-state index contributed by atoms with van der Waals surface area (Å²) in [5, 5.41) is 14.7. The van der Waals surface area contributed by atoms with Crippen molar-refractivity contribution in [3.63, 3.8) is 0 Å². The SMILES string of the molecule is CC1OC(=O)CCCOC(=O)C1NC(=O)c1cccc(NC=O)c1O. The van der Waals surface area contributed by atoms with E-state index in [0.717, 1.165) is 0 Å². The van der Waals surface area contributed by atoms with E-state index in [4.69, 9.17) is 9.47 Å². The minimum Gasteiger partial charge on any atom is -0.505 e. The topological polar surface area (TPSA) is 131 Å². The van der Waals surface area contributed by atoms with Crippen LogP contribution in [0.5, 0.6) is 5.75 Å². The Morgan fingerprint density at radius 2 is 2.12 bits per heavy atom. The molecule has 0 saturated carbocycles. The van der Waals surface area contributed by atoms with E-state index in [1.54, 1.807) is 0 Å². The van der Waals surface area contributed by atoms with Crippen LogP contribution in [0.2, 0.25) is 0 Å². The molecule has 0 spiro atoms. The van der Waals surface area contributed by atoms with Crippen LogP contribution in [0.3, 0.4) is 0 Å². The smallest absolute Gasteiger partial charge is 0.332 e. The van der Waals surface area contributed by atoms with E-state index in [9.17, 15) is 24.3 Å². The molecule has 1 aliphatic heterocycles. The molecule has 0 aromatic heterocycles. The lowest BCUT2D eigenvalue weighted by Crippen LogP contribution is -2.49. The number of carbonyl (C=O) groups excluding carboxylic acids is 4. The average molecular weight is 350 g/mol. The van der Waals surface area contributed by atoms with Gasteiger partial charge in [-0.05, 0) is 25.5 Å². The van der Waals surface area contributed by atoms with Crippen LogP contribution >= 0.6 is 0 Å². The fraction of sp³-hybridized carbons (Fsp3) is 0.375. The number of esters is 2. The second-order valence-corrected chi connectivity index (χ2v) is 5.38. The number of phenolic OH excluding ortho intramolecular Hbond substituents is 1. The van der Waals surface area contributed by atoms with Crippen LogP contribution in [-0.2, 0) is 23.9 Å². The van der Waals surface area contributed by atoms with Crippen LogP contribution in [0.1, 0.15) is 30.1 Å². The summed E-state index contributed by atoms with van der Waals surface area (Å²) in [6, 6.07) is 2.94. The number of benzene rings is 1. The fourth-order valence-corrected chi connectivity index (χ4v) is 2.31. The van der Waals surface area contributed by atoms with Crippen molar-refractivity contribution >= 4 is 29.9 Å². The third-order valence-electron chi connectivity index (χ3n) is 3.59. The van der Waals surface area contributed by atoms with Gasteiger partial charge in [-0.15, -0.1) is 0 Å². The van der Waals surface area contributed by atoms with Crippen LogP contribution in [0, 0.1) is 0 Å². The van der Waals surface area contributed by atoms with E-state index in [1.165, 1.54) is 25.1 Å². The van der Waals surface area contributed by atoms with E-state index in [0.29, 0.717) is 12.8 Å². The van der Waals surface area contributed by atoms with Gasteiger partial charge in [0.05, 0.1) is 17.9 Å². The van der Waals surface area contributed by atoms with Crippen molar-refractivity contribution in [2.75, 3.05) is 11.9 Å². The highest BCUT2D eigenvalue weighted by atomic mass is 16.6. The molecule has 0 radical (unpaired) electrons.